The van der Waals surface area contributed by atoms with Gasteiger partial charge >= 0.3 is 0 Å². The van der Waals surface area contributed by atoms with Gasteiger partial charge in [0.15, 0.2) is 0 Å². The fraction of sp³-hybridized carbons (Fsp3) is 0.391. The van der Waals surface area contributed by atoms with Crippen LogP contribution >= 0.6 is 11.8 Å². The first-order valence-electron chi connectivity index (χ1n) is 10.4. The number of hydrogen-bond acceptors (Lipinski definition) is 4. The van der Waals surface area contributed by atoms with Crippen molar-refractivity contribution in [3.8, 4) is 0 Å². The zero-order chi connectivity index (χ0) is 21.1. The van der Waals surface area contributed by atoms with Crippen molar-refractivity contribution >= 4 is 40.6 Å². The molecule has 0 radical (unpaired) electrons. The van der Waals surface area contributed by atoms with Crippen molar-refractivity contribution in [3.05, 3.63) is 48.5 Å². The van der Waals surface area contributed by atoms with Crippen LogP contribution in [0.5, 0.6) is 0 Å². The van der Waals surface area contributed by atoms with Gasteiger partial charge in [0.1, 0.15) is 0 Å². The second kappa shape index (κ2) is 9.10. The molecule has 0 bridgehead atoms. The number of nitrogens with zero attached hydrogens (tertiary/aromatic N) is 2. The van der Waals surface area contributed by atoms with Gasteiger partial charge in [-0.3, -0.25) is 9.59 Å². The first-order valence-corrected chi connectivity index (χ1v) is 11.7. The highest BCUT2D eigenvalue weighted by molar-refractivity contribution is 7.98. The molecule has 2 heterocycles. The summed E-state index contributed by atoms with van der Waals surface area (Å²) in [4.78, 5) is 32.1. The van der Waals surface area contributed by atoms with Gasteiger partial charge in [-0.05, 0) is 48.7 Å². The second-order valence-corrected chi connectivity index (χ2v) is 8.97. The maximum atomic E-state index is 12.8. The van der Waals surface area contributed by atoms with Crippen molar-refractivity contribution in [2.24, 2.45) is 5.92 Å². The Balaban J connectivity index is 1.36. The summed E-state index contributed by atoms with van der Waals surface area (Å²) in [6.45, 7) is 4.81. The maximum absolute atomic E-state index is 12.8. The lowest BCUT2D eigenvalue weighted by Gasteiger charge is -2.31. The molecule has 0 aromatic heterocycles. The molecule has 1 atom stereocenters. The van der Waals surface area contributed by atoms with Gasteiger partial charge in [-0.1, -0.05) is 6.07 Å². The molecule has 2 saturated heterocycles. The van der Waals surface area contributed by atoms with E-state index in [-0.39, 0.29) is 24.2 Å². The van der Waals surface area contributed by atoms with Gasteiger partial charge in [-0.15, -0.1) is 11.8 Å². The molecule has 6 nitrogen and oxygen atoms in total. The Hall–Kier alpha value is -2.51. The molecule has 30 heavy (non-hydrogen) atoms. The highest BCUT2D eigenvalue weighted by Crippen LogP contribution is 2.29. The lowest BCUT2D eigenvalue weighted by Crippen LogP contribution is -3.12. The molecule has 0 aliphatic carbocycles. The summed E-state index contributed by atoms with van der Waals surface area (Å²) in [5.41, 5.74) is 2.83. The van der Waals surface area contributed by atoms with E-state index in [0.29, 0.717) is 6.54 Å². The third-order valence-electron chi connectivity index (χ3n) is 5.98. The molecule has 2 aromatic carbocycles. The van der Waals surface area contributed by atoms with Gasteiger partial charge in [0.25, 0.3) is 0 Å². The summed E-state index contributed by atoms with van der Waals surface area (Å²) in [5.74, 6) is -0.431. The maximum Gasteiger partial charge on any atom is 0.229 e. The number of rotatable bonds is 5. The van der Waals surface area contributed by atoms with Crippen molar-refractivity contribution in [2.45, 2.75) is 11.3 Å². The predicted molar refractivity (Wildman–Crippen MR) is 123 cm³/mol. The number of thioether (sulfide) groups is 1. The van der Waals surface area contributed by atoms with Gasteiger partial charge in [0.05, 0.1) is 39.1 Å². The van der Waals surface area contributed by atoms with Crippen LogP contribution in [-0.4, -0.2) is 57.8 Å². The van der Waals surface area contributed by atoms with Crippen molar-refractivity contribution < 1.29 is 14.5 Å². The Morgan fingerprint density at radius 2 is 1.83 bits per heavy atom. The number of anilines is 3. The normalized spacial score (nSPS) is 19.9. The summed E-state index contributed by atoms with van der Waals surface area (Å²) in [5, 5.41) is 2.99. The van der Waals surface area contributed by atoms with E-state index >= 15 is 0 Å². The fourth-order valence-corrected chi connectivity index (χ4v) is 4.51. The van der Waals surface area contributed by atoms with E-state index in [1.54, 1.807) is 21.6 Å². The molecule has 4 rings (SSSR count). The number of quaternary nitrogens is 1. The van der Waals surface area contributed by atoms with Crippen LogP contribution < -0.4 is 20.0 Å². The van der Waals surface area contributed by atoms with Gasteiger partial charge in [0, 0.05) is 34.9 Å². The zero-order valence-electron chi connectivity index (χ0n) is 17.6. The van der Waals surface area contributed by atoms with E-state index in [4.69, 9.17) is 0 Å². The second-order valence-electron chi connectivity index (χ2n) is 8.09. The van der Waals surface area contributed by atoms with Crippen LogP contribution in [0.15, 0.2) is 53.4 Å². The van der Waals surface area contributed by atoms with Crippen molar-refractivity contribution in [2.75, 3.05) is 61.1 Å². The van der Waals surface area contributed by atoms with E-state index < -0.39 is 0 Å². The van der Waals surface area contributed by atoms with E-state index in [2.05, 4.69) is 29.4 Å². The molecule has 2 aliphatic rings. The molecule has 2 aliphatic heterocycles. The van der Waals surface area contributed by atoms with Crippen LogP contribution in [0, 0.1) is 5.92 Å². The average molecular weight is 426 g/mol. The van der Waals surface area contributed by atoms with Crippen molar-refractivity contribution in [3.63, 3.8) is 0 Å². The summed E-state index contributed by atoms with van der Waals surface area (Å²) in [6, 6.07) is 15.9. The lowest BCUT2D eigenvalue weighted by molar-refractivity contribution is -0.880. The molecule has 158 valence electrons. The van der Waals surface area contributed by atoms with Gasteiger partial charge < -0.3 is 20.0 Å². The molecule has 2 N–H and O–H groups in total. The first-order chi connectivity index (χ1) is 14.5. The SMILES string of the molecule is CSc1cccc(N2C[C@@H](C(=O)Nc3ccc(N4CC[NH+](C)CC4)cc3)CC2=O)c1. The van der Waals surface area contributed by atoms with Gasteiger partial charge in [-0.25, -0.2) is 0 Å². The van der Waals surface area contributed by atoms with Crippen LogP contribution in [0.1, 0.15) is 6.42 Å². The Morgan fingerprint density at radius 1 is 1.10 bits per heavy atom. The average Bonchev–Trinajstić information content (AvgIpc) is 3.17. The standard InChI is InChI=1S/C23H28N4O2S/c1-25-10-12-26(13-11-25)19-8-6-18(7-9-19)24-23(29)17-14-22(28)27(16-17)20-4-3-5-21(15-20)30-2/h3-9,15,17H,10-14,16H2,1-2H3,(H,24,29)/p+1/t17-/m0/s1. The van der Waals surface area contributed by atoms with Crippen LogP contribution in [0.3, 0.4) is 0 Å². The number of piperazine rings is 1. The third-order valence-corrected chi connectivity index (χ3v) is 6.70. The third kappa shape index (κ3) is 4.63. The Bertz CT molecular complexity index is 910. The summed E-state index contributed by atoms with van der Waals surface area (Å²) in [7, 11) is 2.23. The molecular formula is C23H29N4O2S+. The quantitative estimate of drug-likeness (QED) is 0.717. The van der Waals surface area contributed by atoms with E-state index in [1.165, 1.54) is 5.69 Å². The predicted octanol–water partition coefficient (Wildman–Crippen LogP) is 1.73. The topological polar surface area (TPSA) is 57.1 Å². The number of hydrogen-bond donors (Lipinski definition) is 2. The molecule has 2 fully saturated rings. The molecule has 0 saturated carbocycles. The van der Waals surface area contributed by atoms with Crippen molar-refractivity contribution in [1.29, 1.82) is 0 Å². The molecule has 2 aromatic rings. The molecule has 0 unspecified atom stereocenters. The van der Waals surface area contributed by atoms with Crippen LogP contribution in [-0.2, 0) is 9.59 Å². The van der Waals surface area contributed by atoms with Gasteiger partial charge in [0.2, 0.25) is 11.8 Å². The summed E-state index contributed by atoms with van der Waals surface area (Å²) in [6.07, 6.45) is 2.26. The minimum absolute atomic E-state index is 0.000877. The zero-order valence-corrected chi connectivity index (χ0v) is 18.4. The first kappa shape index (κ1) is 20.8. The number of carbonyl (C=O) groups excluding carboxylic acids is 2. The number of amides is 2. The summed E-state index contributed by atoms with van der Waals surface area (Å²) >= 11 is 1.64. The molecule has 2 amide bonds. The van der Waals surface area contributed by atoms with E-state index in [0.717, 1.165) is 42.4 Å². The Morgan fingerprint density at radius 3 is 2.53 bits per heavy atom. The molecular weight excluding hydrogens is 396 g/mol. The lowest BCUT2D eigenvalue weighted by atomic mass is 10.1. The largest absolute Gasteiger partial charge is 0.360 e. The number of nitrogens with one attached hydrogen (secondary N) is 2. The van der Waals surface area contributed by atoms with E-state index in [1.807, 2.05) is 42.7 Å². The van der Waals surface area contributed by atoms with Crippen LogP contribution in [0.4, 0.5) is 17.1 Å². The summed E-state index contributed by atoms with van der Waals surface area (Å²) < 4.78 is 0. The van der Waals surface area contributed by atoms with E-state index in [9.17, 15) is 9.59 Å². The van der Waals surface area contributed by atoms with Crippen LogP contribution in [0.2, 0.25) is 0 Å². The fourth-order valence-electron chi connectivity index (χ4n) is 4.06. The highest BCUT2D eigenvalue weighted by Gasteiger charge is 2.35. The number of likely N-dealkylation sites (N-methyl/N-ethyl adjacent to an activating group) is 1. The smallest absolute Gasteiger partial charge is 0.229 e. The minimum Gasteiger partial charge on any atom is -0.360 e. The number of carbonyl (C=O) groups is 2. The van der Waals surface area contributed by atoms with Crippen LogP contribution in [0.25, 0.3) is 0 Å². The van der Waals surface area contributed by atoms with Gasteiger partial charge in [-0.2, -0.15) is 0 Å². The molecule has 0 spiro atoms. The Kier molecular flexibility index (Phi) is 6.29. The Labute approximate surface area is 182 Å². The molecule has 7 heteroatoms. The highest BCUT2D eigenvalue weighted by atomic mass is 32.2. The number of benzene rings is 2. The minimum atomic E-state index is -0.337. The monoisotopic (exact) mass is 425 g/mol. The van der Waals surface area contributed by atoms with Crippen molar-refractivity contribution in [1.82, 2.24) is 0 Å².